The van der Waals surface area contributed by atoms with E-state index >= 15 is 0 Å². The molecule has 0 amide bonds. The maximum absolute atomic E-state index is 11.9. The number of nitrogens with one attached hydrogen (secondary N) is 1. The van der Waals surface area contributed by atoms with Crippen molar-refractivity contribution in [2.75, 3.05) is 6.26 Å². The second kappa shape index (κ2) is 4.92. The molecule has 1 aromatic carbocycles. The van der Waals surface area contributed by atoms with Gasteiger partial charge in [-0.3, -0.25) is 0 Å². The van der Waals surface area contributed by atoms with Crippen LogP contribution in [0.3, 0.4) is 0 Å². The predicted octanol–water partition coefficient (Wildman–Crippen LogP) is 1.63. The average Bonchev–Trinajstić information content (AvgIpc) is 2.11. The van der Waals surface area contributed by atoms with Gasteiger partial charge in [0.1, 0.15) is 5.75 Å². The van der Waals surface area contributed by atoms with Crippen LogP contribution in [0.25, 0.3) is 0 Å². The number of halogens is 3. The molecule has 0 fully saturated rings. The van der Waals surface area contributed by atoms with Crippen molar-refractivity contribution in [1.29, 1.82) is 0 Å². The second-order valence-electron chi connectivity index (χ2n) is 3.29. The fourth-order valence-corrected chi connectivity index (χ4v) is 1.50. The van der Waals surface area contributed by atoms with Crippen LogP contribution in [-0.4, -0.2) is 21.0 Å². The van der Waals surface area contributed by atoms with Crippen molar-refractivity contribution in [3.63, 3.8) is 0 Å². The van der Waals surface area contributed by atoms with E-state index < -0.39 is 16.4 Å². The van der Waals surface area contributed by atoms with Crippen LogP contribution in [-0.2, 0) is 16.6 Å². The Balaban J connectivity index is 2.73. The Labute approximate surface area is 96.4 Å². The topological polar surface area (TPSA) is 55.4 Å². The zero-order chi connectivity index (χ0) is 13.1. The van der Waals surface area contributed by atoms with Gasteiger partial charge in [0.25, 0.3) is 0 Å². The molecule has 0 unspecified atom stereocenters. The van der Waals surface area contributed by atoms with Crippen LogP contribution >= 0.6 is 0 Å². The molecule has 1 N–H and O–H groups in total. The van der Waals surface area contributed by atoms with E-state index in [2.05, 4.69) is 9.46 Å². The van der Waals surface area contributed by atoms with Crippen LogP contribution in [0.15, 0.2) is 24.3 Å². The summed E-state index contributed by atoms with van der Waals surface area (Å²) in [6.45, 7) is -0.0894. The molecule has 1 aromatic rings. The Hall–Kier alpha value is -1.28. The smallest absolute Gasteiger partial charge is 0.406 e. The van der Waals surface area contributed by atoms with E-state index in [0.717, 1.165) is 18.4 Å². The van der Waals surface area contributed by atoms with E-state index in [1.807, 2.05) is 0 Å². The van der Waals surface area contributed by atoms with Crippen LogP contribution in [0.5, 0.6) is 5.75 Å². The van der Waals surface area contributed by atoms with Gasteiger partial charge in [-0.05, 0) is 17.7 Å². The van der Waals surface area contributed by atoms with Gasteiger partial charge in [0.15, 0.2) is 0 Å². The molecule has 0 aliphatic carbocycles. The molecule has 4 nitrogen and oxygen atoms in total. The minimum atomic E-state index is -4.76. The number of rotatable bonds is 4. The molecule has 0 radical (unpaired) electrons. The standard InChI is InChI=1S/C9H10F3NO3S/c1-17(14,15)13-6-7-3-2-4-8(5-7)16-9(10,11)12/h2-5,13H,6H2,1H3. The monoisotopic (exact) mass is 269 g/mol. The minimum absolute atomic E-state index is 0.0894. The van der Waals surface area contributed by atoms with Gasteiger partial charge in [0.05, 0.1) is 6.26 Å². The normalized spacial score (nSPS) is 12.5. The molecule has 0 aliphatic heterocycles. The van der Waals surface area contributed by atoms with E-state index in [1.165, 1.54) is 12.1 Å². The molecule has 0 aromatic heterocycles. The highest BCUT2D eigenvalue weighted by Gasteiger charge is 2.31. The fourth-order valence-electron chi connectivity index (χ4n) is 1.07. The zero-order valence-electron chi connectivity index (χ0n) is 8.78. The Morgan fingerprint density at radius 3 is 2.53 bits per heavy atom. The van der Waals surface area contributed by atoms with Crippen LogP contribution < -0.4 is 9.46 Å². The van der Waals surface area contributed by atoms with Gasteiger partial charge >= 0.3 is 6.36 Å². The van der Waals surface area contributed by atoms with Gasteiger partial charge in [-0.15, -0.1) is 13.2 Å². The van der Waals surface area contributed by atoms with Crippen molar-refractivity contribution in [2.45, 2.75) is 12.9 Å². The summed E-state index contributed by atoms with van der Waals surface area (Å²) < 4.78 is 63.2. The van der Waals surface area contributed by atoms with Crippen LogP contribution in [0.2, 0.25) is 0 Å². The Morgan fingerprint density at radius 1 is 1.35 bits per heavy atom. The van der Waals surface area contributed by atoms with Crippen molar-refractivity contribution in [2.24, 2.45) is 0 Å². The average molecular weight is 269 g/mol. The predicted molar refractivity (Wildman–Crippen MR) is 54.8 cm³/mol. The first-order chi connectivity index (χ1) is 7.66. The maximum Gasteiger partial charge on any atom is 0.573 e. The van der Waals surface area contributed by atoms with Crippen molar-refractivity contribution in [1.82, 2.24) is 4.72 Å². The van der Waals surface area contributed by atoms with Gasteiger partial charge in [0, 0.05) is 6.54 Å². The lowest BCUT2D eigenvalue weighted by Crippen LogP contribution is -2.21. The number of ether oxygens (including phenoxy) is 1. The quantitative estimate of drug-likeness (QED) is 0.904. The summed E-state index contributed by atoms with van der Waals surface area (Å²) in [5, 5.41) is 0. The third-order valence-electron chi connectivity index (χ3n) is 1.67. The Morgan fingerprint density at radius 2 is 2.00 bits per heavy atom. The van der Waals surface area contributed by atoms with Crippen molar-refractivity contribution in [3.8, 4) is 5.75 Å². The third kappa shape index (κ3) is 6.12. The van der Waals surface area contributed by atoms with Crippen molar-refractivity contribution in [3.05, 3.63) is 29.8 Å². The van der Waals surface area contributed by atoms with Crippen LogP contribution in [0.4, 0.5) is 13.2 Å². The summed E-state index contributed by atoms with van der Waals surface area (Å²) in [5.74, 6) is -0.384. The Kier molecular flexibility index (Phi) is 3.99. The van der Waals surface area contributed by atoms with E-state index in [0.29, 0.717) is 5.56 Å². The van der Waals surface area contributed by atoms with Gasteiger partial charge in [-0.25, -0.2) is 13.1 Å². The summed E-state index contributed by atoms with van der Waals surface area (Å²) in [6.07, 6.45) is -3.80. The summed E-state index contributed by atoms with van der Waals surface area (Å²) in [5.41, 5.74) is 0.372. The summed E-state index contributed by atoms with van der Waals surface area (Å²) in [7, 11) is -3.38. The van der Waals surface area contributed by atoms with Gasteiger partial charge < -0.3 is 4.74 Å². The zero-order valence-corrected chi connectivity index (χ0v) is 9.60. The molecular formula is C9H10F3NO3S. The van der Waals surface area contributed by atoms with E-state index in [4.69, 9.17) is 0 Å². The number of alkyl halides is 3. The minimum Gasteiger partial charge on any atom is -0.406 e. The largest absolute Gasteiger partial charge is 0.573 e. The first kappa shape index (κ1) is 13.8. The molecule has 0 bridgehead atoms. The number of hydrogen-bond donors (Lipinski definition) is 1. The first-order valence-electron chi connectivity index (χ1n) is 4.45. The number of sulfonamides is 1. The molecule has 0 spiro atoms. The van der Waals surface area contributed by atoms with E-state index in [-0.39, 0.29) is 12.3 Å². The summed E-state index contributed by atoms with van der Waals surface area (Å²) in [6, 6.07) is 5.09. The highest BCUT2D eigenvalue weighted by atomic mass is 32.2. The summed E-state index contributed by atoms with van der Waals surface area (Å²) >= 11 is 0. The SMILES string of the molecule is CS(=O)(=O)NCc1cccc(OC(F)(F)F)c1. The van der Waals surface area contributed by atoms with E-state index in [1.54, 1.807) is 0 Å². The molecule has 0 saturated carbocycles. The molecular weight excluding hydrogens is 259 g/mol. The van der Waals surface area contributed by atoms with Crippen LogP contribution in [0, 0.1) is 0 Å². The Bertz CT molecular complexity index is 485. The number of hydrogen-bond acceptors (Lipinski definition) is 3. The molecule has 1 rings (SSSR count). The molecule has 8 heteroatoms. The van der Waals surface area contributed by atoms with Gasteiger partial charge in [-0.1, -0.05) is 12.1 Å². The van der Waals surface area contributed by atoms with Crippen LogP contribution in [0.1, 0.15) is 5.56 Å². The summed E-state index contributed by atoms with van der Waals surface area (Å²) in [4.78, 5) is 0. The highest BCUT2D eigenvalue weighted by molar-refractivity contribution is 7.88. The number of benzene rings is 1. The second-order valence-corrected chi connectivity index (χ2v) is 5.12. The fraction of sp³-hybridized carbons (Fsp3) is 0.333. The molecule has 0 heterocycles. The maximum atomic E-state index is 11.9. The highest BCUT2D eigenvalue weighted by Crippen LogP contribution is 2.23. The van der Waals surface area contributed by atoms with Crippen molar-refractivity contribution >= 4 is 10.0 Å². The lowest BCUT2D eigenvalue weighted by atomic mass is 10.2. The molecule has 17 heavy (non-hydrogen) atoms. The van der Waals surface area contributed by atoms with Crippen molar-refractivity contribution < 1.29 is 26.3 Å². The lowest BCUT2D eigenvalue weighted by molar-refractivity contribution is -0.274. The van der Waals surface area contributed by atoms with Gasteiger partial charge in [0.2, 0.25) is 10.0 Å². The van der Waals surface area contributed by atoms with Gasteiger partial charge in [-0.2, -0.15) is 0 Å². The molecule has 0 aliphatic rings. The molecule has 96 valence electrons. The lowest BCUT2D eigenvalue weighted by Gasteiger charge is -2.10. The third-order valence-corrected chi connectivity index (χ3v) is 2.34. The first-order valence-corrected chi connectivity index (χ1v) is 6.34. The molecule has 0 saturated heterocycles. The molecule has 0 atom stereocenters. The van der Waals surface area contributed by atoms with E-state index in [9.17, 15) is 21.6 Å².